The molecule has 0 bridgehead atoms. The first kappa shape index (κ1) is 8.85. The summed E-state index contributed by atoms with van der Waals surface area (Å²) in [6.07, 6.45) is 2.68. The fraction of sp³-hybridized carbons (Fsp3) is 0.875. The summed E-state index contributed by atoms with van der Waals surface area (Å²) in [5.41, 5.74) is 0. The predicted molar refractivity (Wildman–Crippen MR) is 50.2 cm³/mol. The maximum atomic E-state index is 4.53. The van der Waals surface area contributed by atoms with Gasteiger partial charge in [-0.2, -0.15) is 0 Å². The van der Waals surface area contributed by atoms with E-state index in [0.717, 1.165) is 6.54 Å². The third-order valence-electron chi connectivity index (χ3n) is 1.99. The molecular formula is C8H14N2S. The van der Waals surface area contributed by atoms with Crippen LogP contribution >= 0.6 is 12.2 Å². The Morgan fingerprint density at radius 1 is 1.55 bits per heavy atom. The van der Waals surface area contributed by atoms with Gasteiger partial charge in [-0.3, -0.25) is 0 Å². The van der Waals surface area contributed by atoms with E-state index in [2.05, 4.69) is 34.2 Å². The Balaban J connectivity index is 2.23. The van der Waals surface area contributed by atoms with Gasteiger partial charge in [0.25, 0.3) is 0 Å². The first-order chi connectivity index (χ1) is 5.33. The molecule has 0 aromatic carbocycles. The van der Waals surface area contributed by atoms with E-state index >= 15 is 0 Å². The van der Waals surface area contributed by atoms with Gasteiger partial charge in [0, 0.05) is 6.54 Å². The van der Waals surface area contributed by atoms with Gasteiger partial charge in [-0.05, 0) is 45.1 Å². The molecule has 1 rings (SSSR count). The molecule has 1 aliphatic rings. The molecule has 0 saturated carbocycles. The van der Waals surface area contributed by atoms with Crippen LogP contribution in [0.25, 0.3) is 0 Å². The zero-order valence-corrected chi connectivity index (χ0v) is 7.73. The lowest BCUT2D eigenvalue weighted by molar-refractivity contribution is 0.322. The summed E-state index contributed by atoms with van der Waals surface area (Å²) < 4.78 is 0. The number of likely N-dealkylation sites (tertiary alicyclic amines) is 1. The van der Waals surface area contributed by atoms with E-state index in [1.807, 2.05) is 0 Å². The van der Waals surface area contributed by atoms with Crippen molar-refractivity contribution in [3.63, 3.8) is 0 Å². The fourth-order valence-corrected chi connectivity index (χ4v) is 1.65. The number of thiocarbonyl (C=S) groups is 1. The van der Waals surface area contributed by atoms with Crippen LogP contribution in [0.2, 0.25) is 0 Å². The second-order valence-corrected chi connectivity index (χ2v) is 3.26. The van der Waals surface area contributed by atoms with E-state index in [-0.39, 0.29) is 0 Å². The Hall–Kier alpha value is -0.240. The molecule has 0 aromatic rings. The highest BCUT2D eigenvalue weighted by Gasteiger charge is 2.13. The van der Waals surface area contributed by atoms with Gasteiger partial charge < -0.3 is 4.90 Å². The molecule has 3 heteroatoms. The lowest BCUT2D eigenvalue weighted by Gasteiger charge is -2.15. The van der Waals surface area contributed by atoms with E-state index in [9.17, 15) is 0 Å². The number of hydrogen-bond donors (Lipinski definition) is 0. The Morgan fingerprint density at radius 2 is 2.18 bits per heavy atom. The molecule has 62 valence electrons. The standard InChI is InChI=1S/C8H14N2S/c1-8(9-7-11)6-10-4-2-3-5-10/h8H,2-6H2,1H3. The number of isothiocyanates is 1. The highest BCUT2D eigenvalue weighted by molar-refractivity contribution is 7.78. The molecule has 1 fully saturated rings. The zero-order valence-electron chi connectivity index (χ0n) is 6.92. The third kappa shape index (κ3) is 3.10. The molecule has 0 spiro atoms. The third-order valence-corrected chi connectivity index (χ3v) is 2.10. The van der Waals surface area contributed by atoms with Crippen LogP contribution in [-0.4, -0.2) is 35.7 Å². The van der Waals surface area contributed by atoms with Crippen LogP contribution in [0.15, 0.2) is 4.99 Å². The minimum absolute atomic E-state index is 0.325. The monoisotopic (exact) mass is 170 g/mol. The van der Waals surface area contributed by atoms with Gasteiger partial charge in [0.1, 0.15) is 0 Å². The molecule has 0 N–H and O–H groups in total. The average molecular weight is 170 g/mol. The van der Waals surface area contributed by atoms with E-state index in [1.165, 1.54) is 25.9 Å². The first-order valence-electron chi connectivity index (χ1n) is 4.12. The number of hydrogen-bond acceptors (Lipinski definition) is 3. The zero-order chi connectivity index (χ0) is 8.10. The van der Waals surface area contributed by atoms with Crippen LogP contribution in [0.1, 0.15) is 19.8 Å². The van der Waals surface area contributed by atoms with Crippen molar-refractivity contribution in [2.45, 2.75) is 25.8 Å². The summed E-state index contributed by atoms with van der Waals surface area (Å²) >= 11 is 4.53. The average Bonchev–Trinajstić information content (AvgIpc) is 2.40. The molecule has 0 aliphatic carbocycles. The minimum atomic E-state index is 0.325. The van der Waals surface area contributed by atoms with Crippen molar-refractivity contribution in [3.8, 4) is 0 Å². The van der Waals surface area contributed by atoms with Gasteiger partial charge in [-0.25, -0.2) is 4.99 Å². The highest BCUT2D eigenvalue weighted by atomic mass is 32.1. The van der Waals surface area contributed by atoms with Gasteiger partial charge in [0.05, 0.1) is 11.2 Å². The largest absolute Gasteiger partial charge is 0.301 e. The van der Waals surface area contributed by atoms with E-state index < -0.39 is 0 Å². The molecule has 11 heavy (non-hydrogen) atoms. The van der Waals surface area contributed by atoms with Crippen LogP contribution in [0, 0.1) is 0 Å². The normalized spacial score (nSPS) is 21.2. The Bertz CT molecular complexity index is 157. The maximum absolute atomic E-state index is 4.53. The molecule has 0 amide bonds. The number of aliphatic imine (C=N–C) groups is 1. The van der Waals surface area contributed by atoms with Crippen LogP contribution in [-0.2, 0) is 0 Å². The van der Waals surface area contributed by atoms with Crippen LogP contribution < -0.4 is 0 Å². The number of nitrogens with zero attached hydrogens (tertiary/aromatic N) is 2. The summed E-state index contributed by atoms with van der Waals surface area (Å²) in [7, 11) is 0. The molecule has 1 heterocycles. The predicted octanol–water partition coefficient (Wildman–Crippen LogP) is 1.57. The molecule has 0 radical (unpaired) electrons. The van der Waals surface area contributed by atoms with Gasteiger partial charge in [0.15, 0.2) is 0 Å². The van der Waals surface area contributed by atoms with Crippen molar-refractivity contribution in [1.82, 2.24) is 4.90 Å². The van der Waals surface area contributed by atoms with Gasteiger partial charge in [0.2, 0.25) is 0 Å². The summed E-state index contributed by atoms with van der Waals surface area (Å²) in [5, 5.41) is 2.42. The molecule has 0 aromatic heterocycles. The van der Waals surface area contributed by atoms with Crippen molar-refractivity contribution < 1.29 is 0 Å². The van der Waals surface area contributed by atoms with Gasteiger partial charge in [-0.15, -0.1) is 0 Å². The molecule has 1 unspecified atom stereocenters. The van der Waals surface area contributed by atoms with Crippen molar-refractivity contribution >= 4 is 17.4 Å². The Kier molecular flexibility index (Phi) is 3.70. The quantitative estimate of drug-likeness (QED) is 0.472. The molecule has 1 atom stereocenters. The highest BCUT2D eigenvalue weighted by Crippen LogP contribution is 2.08. The molecule has 1 saturated heterocycles. The minimum Gasteiger partial charge on any atom is -0.301 e. The molecule has 1 aliphatic heterocycles. The second-order valence-electron chi connectivity index (χ2n) is 3.08. The van der Waals surface area contributed by atoms with Crippen molar-refractivity contribution in [2.75, 3.05) is 19.6 Å². The fourth-order valence-electron chi connectivity index (χ4n) is 1.47. The van der Waals surface area contributed by atoms with E-state index in [0.29, 0.717) is 6.04 Å². The summed E-state index contributed by atoms with van der Waals surface area (Å²) in [6, 6.07) is 0.325. The van der Waals surface area contributed by atoms with Crippen LogP contribution in [0.5, 0.6) is 0 Å². The van der Waals surface area contributed by atoms with Crippen LogP contribution in [0.3, 0.4) is 0 Å². The van der Waals surface area contributed by atoms with Crippen molar-refractivity contribution in [3.05, 3.63) is 0 Å². The second kappa shape index (κ2) is 4.60. The van der Waals surface area contributed by atoms with Crippen molar-refractivity contribution in [1.29, 1.82) is 0 Å². The lowest BCUT2D eigenvalue weighted by Crippen LogP contribution is -2.27. The summed E-state index contributed by atoms with van der Waals surface area (Å²) in [4.78, 5) is 6.44. The smallest absolute Gasteiger partial charge is 0.0701 e. The molecule has 2 nitrogen and oxygen atoms in total. The Morgan fingerprint density at radius 3 is 2.73 bits per heavy atom. The maximum Gasteiger partial charge on any atom is 0.0701 e. The Labute approximate surface area is 73.3 Å². The van der Waals surface area contributed by atoms with Crippen molar-refractivity contribution in [2.24, 2.45) is 4.99 Å². The van der Waals surface area contributed by atoms with Gasteiger partial charge >= 0.3 is 0 Å². The van der Waals surface area contributed by atoms with E-state index in [1.54, 1.807) is 0 Å². The topological polar surface area (TPSA) is 15.6 Å². The van der Waals surface area contributed by atoms with Crippen LogP contribution in [0.4, 0.5) is 0 Å². The SMILES string of the molecule is CC(CN1CCCC1)N=C=S. The lowest BCUT2D eigenvalue weighted by atomic mass is 10.3. The van der Waals surface area contributed by atoms with Gasteiger partial charge in [-0.1, -0.05) is 0 Å². The summed E-state index contributed by atoms with van der Waals surface area (Å²) in [6.45, 7) is 5.59. The number of rotatable bonds is 3. The summed E-state index contributed by atoms with van der Waals surface area (Å²) in [5.74, 6) is 0. The first-order valence-corrected chi connectivity index (χ1v) is 4.53. The molecular weight excluding hydrogens is 156 g/mol. The van der Waals surface area contributed by atoms with E-state index in [4.69, 9.17) is 0 Å².